The Hall–Kier alpha value is -2.45. The first-order valence-corrected chi connectivity index (χ1v) is 11.5. The molecule has 7 nitrogen and oxygen atoms in total. The lowest BCUT2D eigenvalue weighted by atomic mass is 9.86. The fraction of sp³-hybridized carbons (Fsp3) is 0.500. The summed E-state index contributed by atoms with van der Waals surface area (Å²) in [7, 11) is 0. The monoisotopic (exact) mass is 428 g/mol. The number of aromatic nitrogens is 1. The maximum atomic E-state index is 12.8. The molecule has 4 rings (SSSR count). The molecule has 1 saturated carbocycles. The smallest absolute Gasteiger partial charge is 0.323 e. The third-order valence-electron chi connectivity index (χ3n) is 5.93. The lowest BCUT2D eigenvalue weighted by Crippen LogP contribution is -2.42. The maximum Gasteiger partial charge on any atom is 0.323 e. The second kappa shape index (κ2) is 9.57. The summed E-state index contributed by atoms with van der Waals surface area (Å²) in [5.41, 5.74) is 1.87. The average Bonchev–Trinajstić information content (AvgIpc) is 3.09. The number of urea groups is 1. The molecule has 2 heterocycles. The van der Waals surface area contributed by atoms with Gasteiger partial charge >= 0.3 is 6.03 Å². The molecule has 2 fully saturated rings. The molecule has 0 radical (unpaired) electrons. The summed E-state index contributed by atoms with van der Waals surface area (Å²) in [4.78, 5) is 33.8. The normalized spacial score (nSPS) is 22.4. The van der Waals surface area contributed by atoms with Crippen molar-refractivity contribution in [1.29, 1.82) is 0 Å². The Labute approximate surface area is 180 Å². The summed E-state index contributed by atoms with van der Waals surface area (Å²) < 4.78 is 0. The van der Waals surface area contributed by atoms with Gasteiger partial charge in [-0.05, 0) is 32.1 Å². The van der Waals surface area contributed by atoms with Crippen LogP contribution in [0.15, 0.2) is 35.7 Å². The third-order valence-corrected chi connectivity index (χ3v) is 6.69. The second-order valence-corrected chi connectivity index (χ2v) is 8.86. The van der Waals surface area contributed by atoms with Crippen LogP contribution in [0.4, 0.5) is 9.93 Å². The first kappa shape index (κ1) is 20.8. The molecule has 0 atom stereocenters. The van der Waals surface area contributed by atoms with Gasteiger partial charge in [0.2, 0.25) is 5.91 Å². The highest BCUT2D eigenvalue weighted by molar-refractivity contribution is 7.14. The lowest BCUT2D eigenvalue weighted by Gasteiger charge is -2.30. The number of amides is 3. The van der Waals surface area contributed by atoms with Crippen LogP contribution in [0.2, 0.25) is 0 Å². The van der Waals surface area contributed by atoms with E-state index < -0.39 is 0 Å². The van der Waals surface area contributed by atoms with E-state index in [0.717, 1.165) is 30.5 Å². The summed E-state index contributed by atoms with van der Waals surface area (Å²) in [6, 6.07) is 9.71. The topological polar surface area (TPSA) is 85.8 Å². The molecule has 0 bridgehead atoms. The van der Waals surface area contributed by atoms with Crippen molar-refractivity contribution < 1.29 is 14.7 Å². The van der Waals surface area contributed by atoms with Gasteiger partial charge in [-0.15, -0.1) is 11.3 Å². The van der Waals surface area contributed by atoms with Gasteiger partial charge in [0.05, 0.1) is 11.8 Å². The molecule has 0 unspecified atom stereocenters. The zero-order valence-electron chi connectivity index (χ0n) is 17.0. The van der Waals surface area contributed by atoms with Crippen LogP contribution in [0.25, 0.3) is 11.3 Å². The number of anilines is 1. The molecule has 1 aliphatic heterocycles. The minimum absolute atomic E-state index is 0.0144. The molecular formula is C22H28N4O3S. The summed E-state index contributed by atoms with van der Waals surface area (Å²) in [5.74, 6) is 0.192. The maximum absolute atomic E-state index is 12.8. The Morgan fingerprint density at radius 1 is 1.00 bits per heavy atom. The van der Waals surface area contributed by atoms with E-state index in [4.69, 9.17) is 0 Å². The van der Waals surface area contributed by atoms with Crippen LogP contribution in [0, 0.1) is 5.92 Å². The van der Waals surface area contributed by atoms with Gasteiger partial charge in [0.1, 0.15) is 0 Å². The molecule has 0 spiro atoms. The molecule has 2 N–H and O–H groups in total. The van der Waals surface area contributed by atoms with Gasteiger partial charge < -0.3 is 14.9 Å². The van der Waals surface area contributed by atoms with E-state index in [2.05, 4.69) is 10.3 Å². The van der Waals surface area contributed by atoms with Gasteiger partial charge in [-0.1, -0.05) is 30.3 Å². The van der Waals surface area contributed by atoms with Crippen molar-refractivity contribution in [3.8, 4) is 11.3 Å². The molecule has 2 aromatic rings. The summed E-state index contributed by atoms with van der Waals surface area (Å²) >= 11 is 1.41. The predicted molar refractivity (Wildman–Crippen MR) is 117 cm³/mol. The third kappa shape index (κ3) is 4.99. The van der Waals surface area contributed by atoms with Crippen molar-refractivity contribution >= 4 is 28.4 Å². The molecule has 160 valence electrons. The molecule has 1 saturated heterocycles. The number of aliphatic hydroxyl groups excluding tert-OH is 1. The van der Waals surface area contributed by atoms with Gasteiger partial charge in [-0.25, -0.2) is 9.78 Å². The zero-order valence-corrected chi connectivity index (χ0v) is 17.8. The molecule has 1 aromatic heterocycles. The van der Waals surface area contributed by atoms with Crippen LogP contribution < -0.4 is 5.32 Å². The van der Waals surface area contributed by atoms with Crippen molar-refractivity contribution in [3.63, 3.8) is 0 Å². The van der Waals surface area contributed by atoms with Crippen molar-refractivity contribution in [2.24, 2.45) is 5.92 Å². The van der Waals surface area contributed by atoms with Crippen LogP contribution in [-0.4, -0.2) is 64.1 Å². The van der Waals surface area contributed by atoms with Gasteiger partial charge in [-0.2, -0.15) is 0 Å². The van der Waals surface area contributed by atoms with Crippen molar-refractivity contribution in [3.05, 3.63) is 35.7 Å². The molecule has 2 aliphatic rings. The Morgan fingerprint density at radius 2 is 1.70 bits per heavy atom. The van der Waals surface area contributed by atoms with Crippen molar-refractivity contribution in [2.45, 2.75) is 38.2 Å². The number of benzene rings is 1. The Morgan fingerprint density at radius 3 is 2.47 bits per heavy atom. The summed E-state index contributed by atoms with van der Waals surface area (Å²) in [5, 5.41) is 15.1. The highest BCUT2D eigenvalue weighted by Gasteiger charge is 2.30. The van der Waals surface area contributed by atoms with Crippen LogP contribution in [-0.2, 0) is 4.79 Å². The fourth-order valence-electron chi connectivity index (χ4n) is 4.17. The average molecular weight is 429 g/mol. The van der Waals surface area contributed by atoms with Crippen molar-refractivity contribution in [1.82, 2.24) is 14.8 Å². The van der Waals surface area contributed by atoms with E-state index in [1.165, 1.54) is 11.3 Å². The Kier molecular flexibility index (Phi) is 6.64. The largest absolute Gasteiger partial charge is 0.393 e. The lowest BCUT2D eigenvalue weighted by molar-refractivity contribution is -0.137. The standard InChI is InChI=1S/C22H28N4O3S/c27-18-9-7-17(8-10-18)20(28)25-11-4-12-26(14-13-25)22(29)24-21-23-19(15-30-21)16-5-2-1-3-6-16/h1-3,5-6,15,17-18,27H,4,7-14H2,(H,23,24,29). The summed E-state index contributed by atoms with van der Waals surface area (Å²) in [6.45, 7) is 2.37. The van der Waals surface area contributed by atoms with E-state index in [9.17, 15) is 14.7 Å². The van der Waals surface area contributed by atoms with E-state index in [1.807, 2.05) is 40.6 Å². The SMILES string of the molecule is O=C(Nc1nc(-c2ccccc2)cs1)N1CCCN(C(=O)C2CCC(O)CC2)CC1. The van der Waals surface area contributed by atoms with Gasteiger partial charge in [-0.3, -0.25) is 10.1 Å². The Balaban J connectivity index is 1.30. The van der Waals surface area contributed by atoms with E-state index in [-0.39, 0.29) is 24.0 Å². The molecule has 30 heavy (non-hydrogen) atoms. The highest BCUT2D eigenvalue weighted by atomic mass is 32.1. The number of aliphatic hydroxyl groups is 1. The first-order valence-electron chi connectivity index (χ1n) is 10.6. The number of carbonyl (C=O) groups is 2. The van der Waals surface area contributed by atoms with E-state index in [1.54, 1.807) is 4.90 Å². The summed E-state index contributed by atoms with van der Waals surface area (Å²) in [6.07, 6.45) is 3.44. The number of thiazole rings is 1. The molecule has 3 amide bonds. The molecule has 8 heteroatoms. The number of nitrogens with one attached hydrogen (secondary N) is 1. The van der Waals surface area contributed by atoms with Gasteiger partial charge in [0.15, 0.2) is 5.13 Å². The number of rotatable bonds is 3. The number of nitrogens with zero attached hydrogens (tertiary/aromatic N) is 3. The van der Waals surface area contributed by atoms with E-state index in [0.29, 0.717) is 44.2 Å². The van der Waals surface area contributed by atoms with Crippen LogP contribution in [0.3, 0.4) is 0 Å². The van der Waals surface area contributed by atoms with Crippen LogP contribution >= 0.6 is 11.3 Å². The number of hydrogen-bond donors (Lipinski definition) is 2. The number of carbonyl (C=O) groups excluding carboxylic acids is 2. The fourth-order valence-corrected chi connectivity index (χ4v) is 4.87. The van der Waals surface area contributed by atoms with Crippen LogP contribution in [0.1, 0.15) is 32.1 Å². The predicted octanol–water partition coefficient (Wildman–Crippen LogP) is 3.43. The second-order valence-electron chi connectivity index (χ2n) is 8.01. The van der Waals surface area contributed by atoms with Crippen molar-refractivity contribution in [2.75, 3.05) is 31.5 Å². The van der Waals surface area contributed by atoms with Gasteiger partial charge in [0, 0.05) is 43.0 Å². The molecule has 1 aliphatic carbocycles. The van der Waals surface area contributed by atoms with E-state index >= 15 is 0 Å². The molecular weight excluding hydrogens is 400 g/mol. The Bertz CT molecular complexity index is 864. The highest BCUT2D eigenvalue weighted by Crippen LogP contribution is 2.27. The minimum atomic E-state index is -0.259. The molecule has 1 aromatic carbocycles. The van der Waals surface area contributed by atoms with Gasteiger partial charge in [0.25, 0.3) is 0 Å². The first-order chi connectivity index (χ1) is 14.6. The van der Waals surface area contributed by atoms with Crippen LogP contribution in [0.5, 0.6) is 0 Å². The quantitative estimate of drug-likeness (QED) is 0.784. The minimum Gasteiger partial charge on any atom is -0.393 e. The number of hydrogen-bond acceptors (Lipinski definition) is 5. The zero-order chi connectivity index (χ0) is 20.9.